The van der Waals surface area contributed by atoms with Gasteiger partial charge in [-0.05, 0) is 32.1 Å². The van der Waals surface area contributed by atoms with Crippen molar-refractivity contribution < 1.29 is 19.4 Å². The topological polar surface area (TPSA) is 204 Å². The molecule has 7 N–H and O–H groups in total. The third-order valence-corrected chi connectivity index (χ3v) is 5.90. The molecule has 13 heteroatoms. The Hall–Kier alpha value is -3.64. The highest BCUT2D eigenvalue weighted by molar-refractivity contribution is 5.80. The Labute approximate surface area is 189 Å². The van der Waals surface area contributed by atoms with E-state index in [0.717, 1.165) is 25.7 Å². The Morgan fingerprint density at radius 2 is 2.06 bits per heavy atom. The van der Waals surface area contributed by atoms with Crippen LogP contribution < -0.4 is 22.5 Å². The van der Waals surface area contributed by atoms with Crippen LogP contribution in [0.2, 0.25) is 0 Å². The Morgan fingerprint density at radius 1 is 1.33 bits per heavy atom. The summed E-state index contributed by atoms with van der Waals surface area (Å²) in [5.41, 5.74) is 13.3. The number of carboxylic acid groups (broad SMARTS) is 1. The summed E-state index contributed by atoms with van der Waals surface area (Å²) in [5.74, 6) is -2.61. The zero-order valence-corrected chi connectivity index (χ0v) is 18.4. The van der Waals surface area contributed by atoms with Crippen molar-refractivity contribution in [3.63, 3.8) is 0 Å². The maximum absolute atomic E-state index is 13.0. The molecule has 0 bridgehead atoms. The number of rotatable bonds is 10. The number of nitrogens with two attached hydrogens (primary N) is 2. The molecule has 3 rings (SSSR count). The normalized spacial score (nSPS) is 17.1. The predicted octanol–water partition coefficient (Wildman–Crippen LogP) is -0.0920. The van der Waals surface area contributed by atoms with Crippen LogP contribution in [0.15, 0.2) is 22.4 Å². The van der Waals surface area contributed by atoms with Gasteiger partial charge in [-0.3, -0.25) is 14.6 Å². The van der Waals surface area contributed by atoms with Crippen molar-refractivity contribution in [1.29, 1.82) is 0 Å². The van der Waals surface area contributed by atoms with Gasteiger partial charge in [0.1, 0.15) is 18.5 Å². The molecule has 2 unspecified atom stereocenters. The van der Waals surface area contributed by atoms with Gasteiger partial charge in [0, 0.05) is 0 Å². The fourth-order valence-corrected chi connectivity index (χ4v) is 4.04. The number of esters is 1. The van der Waals surface area contributed by atoms with E-state index in [1.165, 1.54) is 23.8 Å². The molecular formula is C20H30N8O5. The molecule has 1 aliphatic rings. The van der Waals surface area contributed by atoms with Crippen molar-refractivity contribution in [3.8, 4) is 0 Å². The number of hydrogen-bond acceptors (Lipinski definition) is 8. The molecule has 33 heavy (non-hydrogen) atoms. The van der Waals surface area contributed by atoms with Gasteiger partial charge < -0.3 is 31.7 Å². The molecule has 0 spiro atoms. The first-order valence-electron chi connectivity index (χ1n) is 10.9. The standard InChI is InChI=1S/C20H30N8O5/c1-11(12-5-3-2-4-6-12)33-19(32)13(8-23-20(21)22)7-14(18(30)31)27-28-10-26-15-16(28)24-9-25-17(15)29/h9-14,27H,2-8H2,1H3,(H,30,31)(H4,21,22,23)(H,24,25,29)/t11?,13?,14-/m1/s1. The van der Waals surface area contributed by atoms with E-state index < -0.39 is 29.5 Å². The first-order valence-corrected chi connectivity index (χ1v) is 10.9. The third kappa shape index (κ3) is 6.20. The summed E-state index contributed by atoms with van der Waals surface area (Å²) in [5, 5.41) is 9.77. The first-order chi connectivity index (χ1) is 15.8. The molecule has 0 aliphatic heterocycles. The average molecular weight is 463 g/mol. The highest BCUT2D eigenvalue weighted by atomic mass is 16.5. The van der Waals surface area contributed by atoms with Crippen molar-refractivity contribution in [3.05, 3.63) is 23.0 Å². The van der Waals surface area contributed by atoms with Crippen LogP contribution in [0.25, 0.3) is 11.2 Å². The van der Waals surface area contributed by atoms with Crippen LogP contribution in [-0.2, 0) is 14.3 Å². The number of ether oxygens (including phenoxy) is 1. The lowest BCUT2D eigenvalue weighted by molar-refractivity contribution is -0.156. The molecule has 0 saturated heterocycles. The second-order valence-electron chi connectivity index (χ2n) is 8.28. The van der Waals surface area contributed by atoms with Crippen LogP contribution in [0.3, 0.4) is 0 Å². The molecule has 1 aliphatic carbocycles. The second kappa shape index (κ2) is 10.8. The van der Waals surface area contributed by atoms with Gasteiger partial charge in [0.15, 0.2) is 17.1 Å². The minimum atomic E-state index is -1.24. The molecule has 2 heterocycles. The van der Waals surface area contributed by atoms with Gasteiger partial charge in [0.2, 0.25) is 0 Å². The van der Waals surface area contributed by atoms with E-state index in [-0.39, 0.29) is 42.1 Å². The Balaban J connectivity index is 1.75. The number of hydrogen-bond donors (Lipinski definition) is 5. The van der Waals surface area contributed by atoms with Crippen LogP contribution in [0, 0.1) is 11.8 Å². The van der Waals surface area contributed by atoms with E-state index >= 15 is 0 Å². The molecule has 13 nitrogen and oxygen atoms in total. The number of aliphatic imine (C=N–C) groups is 1. The van der Waals surface area contributed by atoms with Gasteiger partial charge in [-0.25, -0.2) is 19.4 Å². The number of H-pyrrole nitrogens is 1. The molecule has 180 valence electrons. The average Bonchev–Trinajstić information content (AvgIpc) is 3.20. The van der Waals surface area contributed by atoms with Gasteiger partial charge >= 0.3 is 11.9 Å². The summed E-state index contributed by atoms with van der Waals surface area (Å²) in [6.07, 6.45) is 7.35. The zero-order chi connectivity index (χ0) is 24.0. The van der Waals surface area contributed by atoms with Crippen molar-refractivity contribution in [2.45, 2.75) is 57.6 Å². The number of guanidine groups is 1. The van der Waals surface area contributed by atoms with Crippen molar-refractivity contribution in [2.75, 3.05) is 12.0 Å². The van der Waals surface area contributed by atoms with Gasteiger partial charge in [0.25, 0.3) is 5.56 Å². The molecule has 0 radical (unpaired) electrons. The van der Waals surface area contributed by atoms with Gasteiger partial charge in [-0.15, -0.1) is 0 Å². The second-order valence-corrected chi connectivity index (χ2v) is 8.28. The molecule has 1 saturated carbocycles. The monoisotopic (exact) mass is 462 g/mol. The fraction of sp³-hybridized carbons (Fsp3) is 0.600. The summed E-state index contributed by atoms with van der Waals surface area (Å²) in [6.45, 7) is 1.74. The number of carbonyl (C=O) groups is 2. The number of nitrogens with one attached hydrogen (secondary N) is 2. The summed E-state index contributed by atoms with van der Waals surface area (Å²) in [7, 11) is 0. The van der Waals surface area contributed by atoms with Gasteiger partial charge in [-0.1, -0.05) is 19.3 Å². The SMILES string of the molecule is CC(OC(=O)C(CN=C(N)N)C[C@@H](Nn1cnc2c(=O)[nH]cnc21)C(=O)O)C1CCCCC1. The van der Waals surface area contributed by atoms with Crippen molar-refractivity contribution in [1.82, 2.24) is 19.6 Å². The number of imidazole rings is 1. The van der Waals surface area contributed by atoms with Crippen LogP contribution in [0.4, 0.5) is 0 Å². The van der Waals surface area contributed by atoms with Crippen molar-refractivity contribution in [2.24, 2.45) is 28.3 Å². The van der Waals surface area contributed by atoms with Crippen LogP contribution in [0.5, 0.6) is 0 Å². The lowest BCUT2D eigenvalue weighted by Crippen LogP contribution is -2.40. The molecule has 3 atom stereocenters. The lowest BCUT2D eigenvalue weighted by atomic mass is 9.86. The van der Waals surface area contributed by atoms with E-state index in [2.05, 4.69) is 25.4 Å². The van der Waals surface area contributed by atoms with E-state index in [1.54, 1.807) is 0 Å². The lowest BCUT2D eigenvalue weighted by Gasteiger charge is -2.29. The fourth-order valence-electron chi connectivity index (χ4n) is 4.04. The minimum Gasteiger partial charge on any atom is -0.480 e. The first kappa shape index (κ1) is 24.0. The number of carbonyl (C=O) groups excluding carboxylic acids is 1. The smallest absolute Gasteiger partial charge is 0.327 e. The highest BCUT2D eigenvalue weighted by Gasteiger charge is 2.32. The maximum atomic E-state index is 13.0. The van der Waals surface area contributed by atoms with E-state index in [4.69, 9.17) is 16.2 Å². The summed E-state index contributed by atoms with van der Waals surface area (Å²) < 4.78 is 6.93. The number of aromatic nitrogens is 4. The molecule has 1 fully saturated rings. The predicted molar refractivity (Wildman–Crippen MR) is 120 cm³/mol. The Kier molecular flexibility index (Phi) is 7.85. The zero-order valence-electron chi connectivity index (χ0n) is 18.4. The maximum Gasteiger partial charge on any atom is 0.327 e. The quantitative estimate of drug-likeness (QED) is 0.180. The Morgan fingerprint density at radius 3 is 2.73 bits per heavy atom. The van der Waals surface area contributed by atoms with Crippen LogP contribution >= 0.6 is 0 Å². The van der Waals surface area contributed by atoms with Gasteiger partial charge in [-0.2, -0.15) is 0 Å². The largest absolute Gasteiger partial charge is 0.480 e. The number of aliphatic carboxylic acids is 1. The van der Waals surface area contributed by atoms with Crippen LogP contribution in [0.1, 0.15) is 45.4 Å². The highest BCUT2D eigenvalue weighted by Crippen LogP contribution is 2.28. The molecule has 2 aromatic heterocycles. The van der Waals surface area contributed by atoms with Gasteiger partial charge in [0.05, 0.1) is 18.8 Å². The molecular weight excluding hydrogens is 432 g/mol. The van der Waals surface area contributed by atoms with E-state index in [9.17, 15) is 19.5 Å². The van der Waals surface area contributed by atoms with Crippen molar-refractivity contribution >= 4 is 29.1 Å². The third-order valence-electron chi connectivity index (χ3n) is 5.90. The molecule has 0 amide bonds. The number of carboxylic acids is 1. The summed E-state index contributed by atoms with van der Waals surface area (Å²) in [6, 6.07) is -1.24. The summed E-state index contributed by atoms with van der Waals surface area (Å²) >= 11 is 0. The van der Waals surface area contributed by atoms with E-state index in [0.29, 0.717) is 0 Å². The van der Waals surface area contributed by atoms with E-state index in [1.807, 2.05) is 6.92 Å². The number of aromatic amines is 1. The Bertz CT molecular complexity index is 1050. The molecule has 0 aromatic carbocycles. The summed E-state index contributed by atoms with van der Waals surface area (Å²) in [4.78, 5) is 51.1. The number of nitrogens with zero attached hydrogens (tertiary/aromatic N) is 4. The molecule has 2 aromatic rings. The van der Waals surface area contributed by atoms with Crippen LogP contribution in [-0.4, -0.2) is 61.3 Å². The minimum absolute atomic E-state index is 0.0481. The number of fused-ring (bicyclic) bond motifs is 1.